The molecule has 0 bridgehead atoms. The number of rotatable bonds is 17. The number of urea groups is 1. The molecule has 0 spiro atoms. The van der Waals surface area contributed by atoms with Crippen LogP contribution in [0.1, 0.15) is 97.1 Å². The lowest BCUT2D eigenvalue weighted by Gasteiger charge is -2.59. The number of primary amides is 1. The lowest BCUT2D eigenvalue weighted by molar-refractivity contribution is -0.200. The molecule has 6 rings (SSSR count). The predicted molar refractivity (Wildman–Crippen MR) is 219 cm³/mol. The van der Waals surface area contributed by atoms with Gasteiger partial charge in [0.05, 0.1) is 24.3 Å². The Kier molecular flexibility index (Phi) is 13.7. The van der Waals surface area contributed by atoms with Crippen molar-refractivity contribution in [3.63, 3.8) is 0 Å². The van der Waals surface area contributed by atoms with E-state index in [2.05, 4.69) is 17.6 Å². The third kappa shape index (κ3) is 8.81. The number of benzene rings is 1. The van der Waals surface area contributed by atoms with E-state index in [1.54, 1.807) is 36.4 Å². The topological polar surface area (TPSA) is 236 Å². The average molecular weight is 835 g/mol. The fourth-order valence-electron chi connectivity index (χ4n) is 10.9. The first kappa shape index (κ1) is 45.1. The van der Waals surface area contributed by atoms with E-state index in [-0.39, 0.29) is 67.7 Å². The minimum Gasteiger partial charge on any atom is -0.429 e. The summed E-state index contributed by atoms with van der Waals surface area (Å²) >= 11 is 0. The molecule has 1 unspecified atom stereocenters. The summed E-state index contributed by atoms with van der Waals surface area (Å²) in [4.78, 5) is 76.8. The summed E-state index contributed by atoms with van der Waals surface area (Å²) in [5.41, 5.74) is 10.8. The lowest BCUT2D eigenvalue weighted by atomic mass is 9.46. The quantitative estimate of drug-likeness (QED) is 0.110. The summed E-state index contributed by atoms with van der Waals surface area (Å²) in [5.74, 6) is -1.38. The molecule has 0 radical (unpaired) electrons. The van der Waals surface area contributed by atoms with Crippen molar-refractivity contribution in [2.24, 2.45) is 46.0 Å². The number of ketones is 3. The zero-order chi connectivity index (χ0) is 43.6. The highest BCUT2D eigenvalue weighted by Crippen LogP contribution is 2.69. The van der Waals surface area contributed by atoms with Crippen LogP contribution in [0.3, 0.4) is 0 Å². The van der Waals surface area contributed by atoms with Crippen LogP contribution in [-0.2, 0) is 51.2 Å². The van der Waals surface area contributed by atoms with Crippen molar-refractivity contribution in [1.29, 1.82) is 0 Å². The number of nitrogens with two attached hydrogens (primary N) is 2. The smallest absolute Gasteiger partial charge is 0.429 e. The van der Waals surface area contributed by atoms with Gasteiger partial charge in [0.25, 0.3) is 0 Å². The molecular weight excluding hydrogens is 773 g/mol. The number of carbonyl (C=O) groups excluding carboxylic acids is 6. The molecular formula is C45H62N4O11. The third-order valence-corrected chi connectivity index (χ3v) is 14.0. The Bertz CT molecular complexity index is 1880. The van der Waals surface area contributed by atoms with Crippen molar-refractivity contribution in [1.82, 2.24) is 10.6 Å². The van der Waals surface area contributed by atoms with Gasteiger partial charge in [0.1, 0.15) is 6.61 Å². The Morgan fingerprint density at radius 2 is 1.78 bits per heavy atom. The summed E-state index contributed by atoms with van der Waals surface area (Å²) in [6.45, 7) is 9.23. The third-order valence-electron chi connectivity index (χ3n) is 14.0. The highest BCUT2D eigenvalue weighted by molar-refractivity contribution is 6.01. The van der Waals surface area contributed by atoms with Gasteiger partial charge in [-0.3, -0.25) is 19.2 Å². The molecule has 5 aliphatic rings. The number of carbonyl (C=O) groups is 6. The Balaban J connectivity index is 1.06. The van der Waals surface area contributed by atoms with E-state index in [0.717, 1.165) is 24.8 Å². The normalized spacial score (nSPS) is 32.4. The van der Waals surface area contributed by atoms with Crippen molar-refractivity contribution < 1.29 is 52.8 Å². The van der Waals surface area contributed by atoms with Crippen LogP contribution in [0.2, 0.25) is 0 Å². The summed E-state index contributed by atoms with van der Waals surface area (Å²) in [5, 5.41) is 17.2. The molecule has 1 aliphatic heterocycles. The van der Waals surface area contributed by atoms with E-state index in [4.69, 9.17) is 30.4 Å². The molecule has 1 heterocycles. The van der Waals surface area contributed by atoms with Gasteiger partial charge in [-0.25, -0.2) is 9.59 Å². The monoisotopic (exact) mass is 834 g/mol. The molecule has 7 N–H and O–H groups in total. The molecule has 3 saturated carbocycles. The average Bonchev–Trinajstić information content (AvgIpc) is 3.68. The Hall–Kier alpha value is -4.44. The molecule has 4 aliphatic carbocycles. The maximum Gasteiger partial charge on any atom is 0.509 e. The van der Waals surface area contributed by atoms with Crippen molar-refractivity contribution in [2.45, 2.75) is 135 Å². The minimum atomic E-state index is -1.44. The van der Waals surface area contributed by atoms with Crippen LogP contribution < -0.4 is 22.1 Å². The van der Waals surface area contributed by atoms with E-state index in [0.29, 0.717) is 30.4 Å². The number of Topliss-reactive ketones (excluding diaryl/α,β-unsaturated/α-hetero) is 2. The molecule has 15 nitrogen and oxygen atoms in total. The number of ether oxygens (including phenoxy) is 4. The number of allylic oxidation sites excluding steroid dienone is 4. The summed E-state index contributed by atoms with van der Waals surface area (Å²) in [6, 6.07) is 4.55. The summed E-state index contributed by atoms with van der Waals surface area (Å²) < 4.78 is 23.9. The van der Waals surface area contributed by atoms with Crippen LogP contribution in [0.25, 0.3) is 0 Å². The molecule has 1 saturated heterocycles. The van der Waals surface area contributed by atoms with Crippen molar-refractivity contribution >= 4 is 35.4 Å². The van der Waals surface area contributed by atoms with Crippen LogP contribution in [0.15, 0.2) is 48.1 Å². The molecule has 0 aromatic heterocycles. The Labute approximate surface area is 351 Å². The molecule has 1 aromatic rings. The number of nitrogens with one attached hydrogen (secondary N) is 2. The fourth-order valence-corrected chi connectivity index (χ4v) is 10.9. The van der Waals surface area contributed by atoms with Gasteiger partial charge in [-0.2, -0.15) is 0 Å². The maximum atomic E-state index is 14.5. The van der Waals surface area contributed by atoms with E-state index in [1.807, 2.05) is 33.8 Å². The predicted octanol–water partition coefficient (Wildman–Crippen LogP) is 4.11. The number of amides is 3. The van der Waals surface area contributed by atoms with Crippen molar-refractivity contribution in [3.8, 4) is 0 Å². The SMILES string of the molecule is CCCC1O[C@@H]2C[C@H]3[C@@H]4CCC5=CC(=O)C=C[C@]5(C)[C@H]4[C@@H](O)C[C@]3(C)[C@]2(C(=O)COC(=O)OCc2ccc(CC(=O)[C@H](CCCNC(N)=O)NC(=O)[C@@H](N)C(C)C)cc2)O1. The van der Waals surface area contributed by atoms with Gasteiger partial charge >= 0.3 is 12.2 Å². The molecule has 60 heavy (non-hydrogen) atoms. The molecule has 3 amide bonds. The second kappa shape index (κ2) is 18.3. The van der Waals surface area contributed by atoms with E-state index >= 15 is 0 Å². The van der Waals surface area contributed by atoms with Crippen LogP contribution >= 0.6 is 0 Å². The second-order valence-electron chi connectivity index (χ2n) is 18.1. The Morgan fingerprint density at radius 1 is 1.07 bits per heavy atom. The van der Waals surface area contributed by atoms with Gasteiger partial charge in [-0.1, -0.05) is 77.0 Å². The maximum absolute atomic E-state index is 14.5. The standard InChI is InChI=1S/C45H62N4O11/c1-6-8-37-59-36-21-31-30-15-14-28-20-29(50)16-17-43(28,4)38(30)34(52)22-44(31,5)45(36,60-37)35(53)24-58-42(56)57-23-27-12-10-26(11-13-27)19-33(51)32(9-7-18-48-41(47)55)49-40(54)39(46)25(2)3/h10-13,16-17,20,25,30-32,34,36-39,52H,6-9,14-15,18-19,21-24,46H2,1-5H3,(H,49,54)(H3,47,48,55)/t30-,31-,32-,34-,36+,37?,38+,39-,43-,44-,45+/m0/s1. The molecule has 4 fully saturated rings. The summed E-state index contributed by atoms with van der Waals surface area (Å²) in [7, 11) is 0. The zero-order valence-corrected chi connectivity index (χ0v) is 35.4. The minimum absolute atomic E-state index is 0.0116. The number of hydrogen-bond donors (Lipinski definition) is 5. The fraction of sp³-hybridized carbons (Fsp3) is 0.644. The van der Waals surface area contributed by atoms with Gasteiger partial charge < -0.3 is 46.2 Å². The van der Waals surface area contributed by atoms with E-state index in [1.165, 1.54) is 0 Å². The van der Waals surface area contributed by atoms with Crippen LogP contribution in [0.5, 0.6) is 0 Å². The van der Waals surface area contributed by atoms with Crippen LogP contribution in [0, 0.1) is 34.5 Å². The molecule has 1 aromatic carbocycles. The molecule has 15 heteroatoms. The van der Waals surface area contributed by atoms with Gasteiger partial charge in [0, 0.05) is 29.7 Å². The first-order valence-electron chi connectivity index (χ1n) is 21.4. The van der Waals surface area contributed by atoms with Gasteiger partial charge in [-0.05, 0) is 86.0 Å². The highest BCUT2D eigenvalue weighted by atomic mass is 16.8. The number of hydrogen-bond acceptors (Lipinski definition) is 12. The molecule has 11 atom stereocenters. The zero-order valence-electron chi connectivity index (χ0n) is 35.4. The Morgan fingerprint density at radius 3 is 2.47 bits per heavy atom. The number of aliphatic hydroxyl groups excluding tert-OH is 1. The van der Waals surface area contributed by atoms with Crippen molar-refractivity contribution in [3.05, 3.63) is 59.2 Å². The highest BCUT2D eigenvalue weighted by Gasteiger charge is 2.76. The van der Waals surface area contributed by atoms with Gasteiger partial charge in [0.2, 0.25) is 11.7 Å². The van der Waals surface area contributed by atoms with Crippen LogP contribution in [0.4, 0.5) is 9.59 Å². The van der Waals surface area contributed by atoms with E-state index in [9.17, 15) is 33.9 Å². The van der Waals surface area contributed by atoms with Crippen LogP contribution in [-0.4, -0.2) is 89.9 Å². The first-order valence-corrected chi connectivity index (χ1v) is 21.4. The second-order valence-corrected chi connectivity index (χ2v) is 18.1. The first-order chi connectivity index (χ1) is 28.4. The summed E-state index contributed by atoms with van der Waals surface area (Å²) in [6.07, 6.45) is 6.66. The van der Waals surface area contributed by atoms with Gasteiger partial charge in [0.15, 0.2) is 30.1 Å². The number of aliphatic hydroxyl groups is 1. The largest absolute Gasteiger partial charge is 0.509 e. The molecule has 328 valence electrons. The lowest BCUT2D eigenvalue weighted by Crippen LogP contribution is -2.63. The van der Waals surface area contributed by atoms with Crippen molar-refractivity contribution in [2.75, 3.05) is 13.2 Å². The number of fused-ring (bicyclic) bond motifs is 7. The van der Waals surface area contributed by atoms with E-state index < -0.39 is 77.5 Å². The van der Waals surface area contributed by atoms with Gasteiger partial charge in [-0.15, -0.1) is 0 Å².